The number of nitrogens with zero attached hydrogens (tertiary/aromatic N) is 2. The molecule has 2 aromatic rings. The lowest BCUT2D eigenvalue weighted by atomic mass is 10.1. The van der Waals surface area contributed by atoms with E-state index in [2.05, 4.69) is 22.1 Å². The Bertz CT molecular complexity index is 598. The second-order valence-electron chi connectivity index (χ2n) is 4.67. The molecule has 2 unspecified atom stereocenters. The number of ketones is 1. The lowest BCUT2D eigenvalue weighted by Gasteiger charge is -2.02. The van der Waals surface area contributed by atoms with Gasteiger partial charge in [0.15, 0.2) is 5.78 Å². The van der Waals surface area contributed by atoms with Crippen molar-refractivity contribution in [2.75, 3.05) is 7.11 Å². The van der Waals surface area contributed by atoms with E-state index in [1.807, 2.05) is 18.2 Å². The van der Waals surface area contributed by atoms with E-state index in [1.54, 1.807) is 6.07 Å². The van der Waals surface area contributed by atoms with E-state index in [9.17, 15) is 4.79 Å². The van der Waals surface area contributed by atoms with Crippen LogP contribution in [0.15, 0.2) is 42.7 Å². The van der Waals surface area contributed by atoms with Crippen LogP contribution in [-0.4, -0.2) is 22.9 Å². The Labute approximate surface area is 111 Å². The van der Waals surface area contributed by atoms with E-state index in [4.69, 9.17) is 4.74 Å². The molecule has 1 aromatic carbocycles. The number of rotatable bonds is 4. The molecular formula is C15H14N2O2. The fourth-order valence-corrected chi connectivity index (χ4v) is 2.33. The quantitative estimate of drug-likeness (QED) is 0.786. The highest BCUT2D eigenvalue weighted by Gasteiger charge is 2.44. The third-order valence-corrected chi connectivity index (χ3v) is 3.46. The van der Waals surface area contributed by atoms with E-state index >= 15 is 0 Å². The summed E-state index contributed by atoms with van der Waals surface area (Å²) in [5.74, 6) is 0.876. The zero-order valence-corrected chi connectivity index (χ0v) is 10.6. The summed E-state index contributed by atoms with van der Waals surface area (Å²) in [5, 5.41) is 0. The fraction of sp³-hybridized carbons (Fsp3) is 0.267. The first-order chi connectivity index (χ1) is 9.29. The highest BCUT2D eigenvalue weighted by atomic mass is 16.5. The molecule has 0 amide bonds. The maximum atomic E-state index is 12.3. The third kappa shape index (κ3) is 2.34. The second kappa shape index (κ2) is 4.80. The molecule has 1 aliphatic rings. The van der Waals surface area contributed by atoms with Gasteiger partial charge in [0, 0.05) is 12.0 Å². The van der Waals surface area contributed by atoms with Crippen molar-refractivity contribution in [3.05, 3.63) is 54.0 Å². The van der Waals surface area contributed by atoms with Crippen molar-refractivity contribution >= 4 is 5.78 Å². The van der Waals surface area contributed by atoms with Crippen molar-refractivity contribution in [3.8, 4) is 5.88 Å². The van der Waals surface area contributed by atoms with Gasteiger partial charge in [0.25, 0.3) is 0 Å². The number of benzene rings is 1. The topological polar surface area (TPSA) is 52.1 Å². The van der Waals surface area contributed by atoms with Crippen LogP contribution in [0.5, 0.6) is 5.88 Å². The maximum absolute atomic E-state index is 12.3. The van der Waals surface area contributed by atoms with Crippen LogP contribution in [0.3, 0.4) is 0 Å². The molecule has 96 valence electrons. The monoisotopic (exact) mass is 254 g/mol. The van der Waals surface area contributed by atoms with Crippen molar-refractivity contribution in [3.63, 3.8) is 0 Å². The molecule has 19 heavy (non-hydrogen) atoms. The van der Waals surface area contributed by atoms with Gasteiger partial charge in [0.1, 0.15) is 12.0 Å². The van der Waals surface area contributed by atoms with Crippen molar-refractivity contribution in [2.45, 2.75) is 12.3 Å². The molecular weight excluding hydrogens is 240 g/mol. The maximum Gasteiger partial charge on any atom is 0.216 e. The van der Waals surface area contributed by atoms with Gasteiger partial charge in [-0.2, -0.15) is 0 Å². The van der Waals surface area contributed by atoms with Gasteiger partial charge in [-0.05, 0) is 17.9 Å². The minimum atomic E-state index is 0.0435. The third-order valence-electron chi connectivity index (χ3n) is 3.46. The molecule has 1 saturated carbocycles. The summed E-state index contributed by atoms with van der Waals surface area (Å²) < 4.78 is 5.01. The summed E-state index contributed by atoms with van der Waals surface area (Å²) in [6.07, 6.45) is 2.27. The molecule has 2 atom stereocenters. The van der Waals surface area contributed by atoms with Gasteiger partial charge < -0.3 is 4.74 Å². The largest absolute Gasteiger partial charge is 0.481 e. The molecule has 4 heteroatoms. The summed E-state index contributed by atoms with van der Waals surface area (Å²) >= 11 is 0. The van der Waals surface area contributed by atoms with Gasteiger partial charge in [0.05, 0.1) is 7.11 Å². The predicted molar refractivity (Wildman–Crippen MR) is 70.2 cm³/mol. The summed E-state index contributed by atoms with van der Waals surface area (Å²) in [5.41, 5.74) is 1.66. The minimum absolute atomic E-state index is 0.0435. The molecule has 1 fully saturated rings. The molecule has 0 spiro atoms. The smallest absolute Gasteiger partial charge is 0.216 e. The lowest BCUT2D eigenvalue weighted by Crippen LogP contribution is -2.06. The number of ether oxygens (including phenoxy) is 1. The summed E-state index contributed by atoms with van der Waals surface area (Å²) in [6, 6.07) is 11.7. The minimum Gasteiger partial charge on any atom is -0.481 e. The van der Waals surface area contributed by atoms with Crippen LogP contribution in [0.4, 0.5) is 0 Å². The zero-order chi connectivity index (χ0) is 13.2. The fourth-order valence-electron chi connectivity index (χ4n) is 2.33. The van der Waals surface area contributed by atoms with Crippen LogP contribution in [-0.2, 0) is 0 Å². The van der Waals surface area contributed by atoms with E-state index in [-0.39, 0.29) is 11.7 Å². The molecule has 1 aromatic heterocycles. The standard InChI is InChI=1S/C15H14N2O2/c1-19-14-8-13(16-9-17-14)15(18)12-7-11(12)10-5-3-2-4-6-10/h2-6,8-9,11-12H,7H2,1H3. The molecule has 0 aliphatic heterocycles. The molecule has 0 bridgehead atoms. The number of methoxy groups -OCH3 is 1. The molecule has 0 saturated heterocycles. The van der Waals surface area contributed by atoms with E-state index in [0.29, 0.717) is 17.5 Å². The number of aromatic nitrogens is 2. The van der Waals surface area contributed by atoms with Crippen LogP contribution in [0, 0.1) is 5.92 Å². The summed E-state index contributed by atoms with van der Waals surface area (Å²) in [4.78, 5) is 20.3. The first kappa shape index (κ1) is 11.8. The Kier molecular flexibility index (Phi) is 2.99. The van der Waals surface area contributed by atoms with Gasteiger partial charge in [0.2, 0.25) is 5.88 Å². The van der Waals surface area contributed by atoms with Crippen LogP contribution >= 0.6 is 0 Å². The van der Waals surface area contributed by atoms with Crippen molar-refractivity contribution in [2.24, 2.45) is 5.92 Å². The van der Waals surface area contributed by atoms with Crippen molar-refractivity contribution in [1.29, 1.82) is 0 Å². The number of carbonyl (C=O) groups is 1. The highest BCUT2D eigenvalue weighted by Crippen LogP contribution is 2.48. The average Bonchev–Trinajstić information content (AvgIpc) is 3.28. The second-order valence-corrected chi connectivity index (χ2v) is 4.67. The number of hydrogen-bond acceptors (Lipinski definition) is 4. The molecule has 0 radical (unpaired) electrons. The van der Waals surface area contributed by atoms with Gasteiger partial charge in [-0.1, -0.05) is 30.3 Å². The van der Waals surface area contributed by atoms with Crippen LogP contribution in [0.2, 0.25) is 0 Å². The first-order valence-electron chi connectivity index (χ1n) is 6.25. The van der Waals surface area contributed by atoms with Crippen molar-refractivity contribution in [1.82, 2.24) is 9.97 Å². The van der Waals surface area contributed by atoms with Crippen molar-refractivity contribution < 1.29 is 9.53 Å². The summed E-state index contributed by atoms with van der Waals surface area (Å²) in [6.45, 7) is 0. The van der Waals surface area contributed by atoms with Crippen LogP contribution in [0.1, 0.15) is 28.4 Å². The van der Waals surface area contributed by atoms with E-state index in [1.165, 1.54) is 19.0 Å². The molecule has 1 heterocycles. The Morgan fingerprint density at radius 1 is 1.26 bits per heavy atom. The molecule has 0 N–H and O–H groups in total. The number of hydrogen-bond donors (Lipinski definition) is 0. The Balaban J connectivity index is 1.76. The SMILES string of the molecule is COc1cc(C(=O)C2CC2c2ccccc2)ncn1. The molecule has 4 nitrogen and oxygen atoms in total. The average molecular weight is 254 g/mol. The zero-order valence-electron chi connectivity index (χ0n) is 10.6. The van der Waals surface area contributed by atoms with E-state index < -0.39 is 0 Å². The van der Waals surface area contributed by atoms with Gasteiger partial charge in [-0.25, -0.2) is 9.97 Å². The van der Waals surface area contributed by atoms with Gasteiger partial charge in [-0.3, -0.25) is 4.79 Å². The Hall–Kier alpha value is -2.23. The Morgan fingerprint density at radius 3 is 2.79 bits per heavy atom. The lowest BCUT2D eigenvalue weighted by molar-refractivity contribution is 0.0959. The molecule has 3 rings (SSSR count). The van der Waals surface area contributed by atoms with E-state index in [0.717, 1.165) is 6.42 Å². The van der Waals surface area contributed by atoms with Crippen LogP contribution < -0.4 is 4.74 Å². The summed E-state index contributed by atoms with van der Waals surface area (Å²) in [7, 11) is 1.53. The number of carbonyl (C=O) groups excluding carboxylic acids is 1. The van der Waals surface area contributed by atoms with Gasteiger partial charge in [-0.15, -0.1) is 0 Å². The first-order valence-corrected chi connectivity index (χ1v) is 6.25. The highest BCUT2D eigenvalue weighted by molar-refractivity contribution is 5.98. The van der Waals surface area contributed by atoms with Crippen LogP contribution in [0.25, 0.3) is 0 Å². The normalized spacial score (nSPS) is 20.9. The molecule has 1 aliphatic carbocycles. The van der Waals surface area contributed by atoms with Gasteiger partial charge >= 0.3 is 0 Å². The number of Topliss-reactive ketones (excluding diaryl/α,β-unsaturated/α-hetero) is 1. The predicted octanol–water partition coefficient (Wildman–Crippen LogP) is 2.47. The Morgan fingerprint density at radius 2 is 2.05 bits per heavy atom.